The van der Waals surface area contributed by atoms with E-state index in [1.807, 2.05) is 49.4 Å². The Kier molecular flexibility index (Phi) is 5.58. The van der Waals surface area contributed by atoms with E-state index in [4.69, 9.17) is 0 Å². The van der Waals surface area contributed by atoms with Gasteiger partial charge in [0.1, 0.15) is 0 Å². The van der Waals surface area contributed by atoms with Crippen LogP contribution in [0.1, 0.15) is 47.2 Å². The number of carbonyl (C=O) groups is 2. The fourth-order valence-electron chi connectivity index (χ4n) is 4.45. The topological polar surface area (TPSA) is 53.0 Å². The lowest BCUT2D eigenvalue weighted by molar-refractivity contribution is -0.118. The van der Waals surface area contributed by atoms with Crippen LogP contribution in [0.25, 0.3) is 0 Å². The number of hydrogen-bond donors (Lipinski definition) is 0. The predicted molar refractivity (Wildman–Crippen MR) is 116 cm³/mol. The zero-order valence-electron chi connectivity index (χ0n) is 17.0. The minimum Gasteiger partial charge on any atom is -0.299 e. The quantitative estimate of drug-likeness (QED) is 0.577. The molecule has 1 saturated heterocycles. The van der Waals surface area contributed by atoms with Crippen molar-refractivity contribution >= 4 is 23.7 Å². The fraction of sp³-hybridized carbons (Fsp3) is 0.375. The molecule has 0 aliphatic carbocycles. The molecular weight excluding hydrogens is 362 g/mol. The van der Waals surface area contributed by atoms with Crippen LogP contribution in [0.15, 0.2) is 53.5 Å². The minimum absolute atomic E-state index is 0.231. The number of anilines is 1. The van der Waals surface area contributed by atoms with Gasteiger partial charge < -0.3 is 0 Å². The van der Waals surface area contributed by atoms with Crippen molar-refractivity contribution < 1.29 is 9.59 Å². The molecule has 2 aliphatic heterocycles. The number of imide groups is 1. The molecule has 2 aromatic carbocycles. The summed E-state index contributed by atoms with van der Waals surface area (Å²) in [5.74, 6) is -1.04. The average molecular weight is 389 g/mol. The van der Waals surface area contributed by atoms with Crippen LogP contribution in [0, 0.1) is 6.92 Å². The third-order valence-electron chi connectivity index (χ3n) is 6.05. The Morgan fingerprint density at radius 2 is 1.86 bits per heavy atom. The van der Waals surface area contributed by atoms with Crippen LogP contribution in [0.3, 0.4) is 0 Å². The van der Waals surface area contributed by atoms with Crippen molar-refractivity contribution in [1.29, 1.82) is 0 Å². The number of fused-ring (bicyclic) bond motifs is 1. The largest absolute Gasteiger partial charge is 0.299 e. The highest BCUT2D eigenvalue weighted by atomic mass is 16.2. The van der Waals surface area contributed by atoms with Crippen molar-refractivity contribution in [3.63, 3.8) is 0 Å². The van der Waals surface area contributed by atoms with Gasteiger partial charge in [-0.25, -0.2) is 4.90 Å². The lowest BCUT2D eigenvalue weighted by Crippen LogP contribution is -2.46. The van der Waals surface area contributed by atoms with E-state index in [0.29, 0.717) is 23.8 Å². The molecule has 2 aromatic rings. The molecule has 0 aromatic heterocycles. The van der Waals surface area contributed by atoms with Crippen LogP contribution >= 0.6 is 0 Å². The lowest BCUT2D eigenvalue weighted by Gasteiger charge is -2.31. The molecular formula is C24H27N3O2. The van der Waals surface area contributed by atoms with E-state index in [1.165, 1.54) is 11.3 Å². The number of likely N-dealkylation sites (N-methyl/N-ethyl adjacent to an activating group) is 1. The van der Waals surface area contributed by atoms with Gasteiger partial charge in [-0.05, 0) is 56.1 Å². The lowest BCUT2D eigenvalue weighted by atomic mass is 9.88. The van der Waals surface area contributed by atoms with E-state index in [-0.39, 0.29) is 11.8 Å². The van der Waals surface area contributed by atoms with Crippen LogP contribution in [0.2, 0.25) is 0 Å². The molecule has 1 unspecified atom stereocenters. The van der Waals surface area contributed by atoms with Gasteiger partial charge >= 0.3 is 0 Å². The van der Waals surface area contributed by atoms with E-state index >= 15 is 0 Å². The zero-order chi connectivity index (χ0) is 20.4. The monoisotopic (exact) mass is 389 g/mol. The van der Waals surface area contributed by atoms with E-state index in [9.17, 15) is 9.59 Å². The number of carbonyl (C=O) groups excluding carboxylic acids is 2. The highest BCUT2D eigenvalue weighted by Gasteiger charge is 2.39. The smallest absolute Gasteiger partial charge is 0.265 e. The number of likely N-dealkylation sites (tertiary alicyclic amines) is 1. The maximum atomic E-state index is 13.4. The highest BCUT2D eigenvalue weighted by molar-refractivity contribution is 6.29. The van der Waals surface area contributed by atoms with Gasteiger partial charge in [-0.15, -0.1) is 0 Å². The Bertz CT molecular complexity index is 953. The van der Waals surface area contributed by atoms with E-state index < -0.39 is 5.92 Å². The fourth-order valence-corrected chi connectivity index (χ4v) is 4.45. The van der Waals surface area contributed by atoms with Crippen molar-refractivity contribution in [2.75, 3.05) is 24.5 Å². The molecule has 29 heavy (non-hydrogen) atoms. The van der Waals surface area contributed by atoms with E-state index in [1.54, 1.807) is 12.3 Å². The predicted octanol–water partition coefficient (Wildman–Crippen LogP) is 3.82. The molecule has 2 heterocycles. The molecule has 5 heteroatoms. The maximum absolute atomic E-state index is 13.4. The Labute approximate surface area is 172 Å². The van der Waals surface area contributed by atoms with E-state index in [0.717, 1.165) is 30.6 Å². The Hall–Kier alpha value is -2.79. The molecule has 2 atom stereocenters. The Morgan fingerprint density at radius 3 is 2.66 bits per heavy atom. The molecule has 4 rings (SSSR count). The number of aryl methyl sites for hydroxylation is 1. The van der Waals surface area contributed by atoms with Gasteiger partial charge in [-0.1, -0.05) is 43.3 Å². The third-order valence-corrected chi connectivity index (χ3v) is 6.05. The molecule has 2 amide bonds. The molecule has 0 saturated carbocycles. The number of aliphatic imine (C=N–C) groups is 1. The Balaban J connectivity index is 1.66. The second-order valence-corrected chi connectivity index (χ2v) is 7.77. The molecule has 0 bridgehead atoms. The standard InChI is InChI=1S/C24H27N3O2/c1-3-26-14-8-10-18(26)15-25-16-21-19-11-5-6-12-20(19)23(28)27(24(21)29)22-13-7-4-9-17(22)2/h4-7,9,11-13,16,18,21H,3,8,10,14-15H2,1-2H3/t18-,21?/m0/s1. The number of benzene rings is 2. The molecule has 0 N–H and O–H groups in total. The molecule has 150 valence electrons. The molecule has 0 spiro atoms. The SMILES string of the molecule is CCN1CCC[C@H]1CN=CC1C(=O)N(c2ccccc2C)C(=O)c2ccccc21. The normalized spacial score (nSPS) is 22.5. The van der Waals surface area contributed by atoms with Gasteiger partial charge in [0.2, 0.25) is 5.91 Å². The van der Waals surface area contributed by atoms with E-state index in [2.05, 4.69) is 16.8 Å². The van der Waals surface area contributed by atoms with Gasteiger partial charge in [0.05, 0.1) is 18.2 Å². The molecule has 2 aliphatic rings. The number of nitrogens with zero attached hydrogens (tertiary/aromatic N) is 3. The maximum Gasteiger partial charge on any atom is 0.265 e. The van der Waals surface area contributed by atoms with Gasteiger partial charge in [-0.3, -0.25) is 19.5 Å². The first kappa shape index (κ1) is 19.5. The summed E-state index contributed by atoms with van der Waals surface area (Å²) < 4.78 is 0. The summed E-state index contributed by atoms with van der Waals surface area (Å²) in [5.41, 5.74) is 2.86. The molecule has 1 fully saturated rings. The minimum atomic E-state index is -0.542. The van der Waals surface area contributed by atoms with Crippen molar-refractivity contribution in [2.24, 2.45) is 4.99 Å². The van der Waals surface area contributed by atoms with Gasteiger partial charge in [0.25, 0.3) is 5.91 Å². The van der Waals surface area contributed by atoms with Crippen molar-refractivity contribution in [1.82, 2.24) is 4.90 Å². The highest BCUT2D eigenvalue weighted by Crippen LogP contribution is 2.33. The summed E-state index contributed by atoms with van der Waals surface area (Å²) in [6, 6.07) is 15.3. The number of amides is 2. The zero-order valence-corrected chi connectivity index (χ0v) is 17.0. The third kappa shape index (κ3) is 3.62. The average Bonchev–Trinajstić information content (AvgIpc) is 3.19. The summed E-state index contributed by atoms with van der Waals surface area (Å²) in [7, 11) is 0. The number of hydrogen-bond acceptors (Lipinski definition) is 4. The summed E-state index contributed by atoms with van der Waals surface area (Å²) in [4.78, 5) is 35.0. The van der Waals surface area contributed by atoms with Crippen LogP contribution in [-0.2, 0) is 4.79 Å². The number of para-hydroxylation sites is 1. The van der Waals surface area contributed by atoms with Gasteiger partial charge in [0.15, 0.2) is 0 Å². The first-order chi connectivity index (χ1) is 14.1. The van der Waals surface area contributed by atoms with Gasteiger partial charge in [0, 0.05) is 17.8 Å². The second-order valence-electron chi connectivity index (χ2n) is 7.77. The Morgan fingerprint density at radius 1 is 1.10 bits per heavy atom. The van der Waals surface area contributed by atoms with Crippen LogP contribution in [0.4, 0.5) is 5.69 Å². The summed E-state index contributed by atoms with van der Waals surface area (Å²) in [6.45, 7) is 6.93. The van der Waals surface area contributed by atoms with Crippen molar-refractivity contribution in [2.45, 2.75) is 38.6 Å². The first-order valence-corrected chi connectivity index (χ1v) is 10.4. The van der Waals surface area contributed by atoms with Crippen LogP contribution < -0.4 is 4.90 Å². The van der Waals surface area contributed by atoms with Crippen LogP contribution in [0.5, 0.6) is 0 Å². The summed E-state index contributed by atoms with van der Waals surface area (Å²) in [6.07, 6.45) is 4.11. The number of rotatable bonds is 5. The first-order valence-electron chi connectivity index (χ1n) is 10.4. The molecule has 0 radical (unpaired) electrons. The summed E-state index contributed by atoms with van der Waals surface area (Å²) in [5, 5.41) is 0. The van der Waals surface area contributed by atoms with Crippen LogP contribution in [-0.4, -0.2) is 48.6 Å². The summed E-state index contributed by atoms with van der Waals surface area (Å²) >= 11 is 0. The van der Waals surface area contributed by atoms with Gasteiger partial charge in [-0.2, -0.15) is 0 Å². The second kappa shape index (κ2) is 8.29. The van der Waals surface area contributed by atoms with Crippen molar-refractivity contribution in [3.8, 4) is 0 Å². The van der Waals surface area contributed by atoms with Crippen molar-refractivity contribution in [3.05, 3.63) is 65.2 Å². The molecule has 5 nitrogen and oxygen atoms in total.